The van der Waals surface area contributed by atoms with Crippen LogP contribution in [0.25, 0.3) is 0 Å². The predicted molar refractivity (Wildman–Crippen MR) is 98.0 cm³/mol. The van der Waals surface area contributed by atoms with E-state index in [1.807, 2.05) is 20.8 Å². The van der Waals surface area contributed by atoms with Crippen molar-refractivity contribution in [3.05, 3.63) is 23.8 Å². The van der Waals surface area contributed by atoms with Crippen LogP contribution in [0.2, 0.25) is 0 Å². The molecule has 1 saturated carbocycles. The number of rotatable bonds is 7. The standard InChI is InChI=1S/C20H29NO4/c1-5-14(3)25-17-10-9-15(13-16(17)18(22)24-6-2)21-19(23)20(4)11-7-8-12-20/h9-10,13-14H,5-8,11-12H2,1-4H3,(H,21,23). The van der Waals surface area contributed by atoms with Gasteiger partial charge in [-0.2, -0.15) is 0 Å². The summed E-state index contributed by atoms with van der Waals surface area (Å²) in [5.74, 6) is 0.0530. The largest absolute Gasteiger partial charge is 0.490 e. The van der Waals surface area contributed by atoms with Gasteiger partial charge in [0, 0.05) is 11.1 Å². The summed E-state index contributed by atoms with van der Waals surface area (Å²) in [5, 5.41) is 2.95. The average molecular weight is 347 g/mol. The molecule has 1 aromatic carbocycles. The van der Waals surface area contributed by atoms with E-state index in [-0.39, 0.29) is 24.0 Å². The Morgan fingerprint density at radius 1 is 1.24 bits per heavy atom. The Morgan fingerprint density at radius 3 is 2.52 bits per heavy atom. The van der Waals surface area contributed by atoms with E-state index in [2.05, 4.69) is 5.32 Å². The van der Waals surface area contributed by atoms with E-state index in [1.165, 1.54) is 0 Å². The molecule has 5 heteroatoms. The topological polar surface area (TPSA) is 64.6 Å². The fourth-order valence-corrected chi connectivity index (χ4v) is 3.04. The maximum Gasteiger partial charge on any atom is 0.341 e. The molecule has 0 spiro atoms. The molecule has 138 valence electrons. The zero-order valence-electron chi connectivity index (χ0n) is 15.7. The van der Waals surface area contributed by atoms with Crippen LogP contribution in [0.4, 0.5) is 5.69 Å². The number of hydrogen-bond donors (Lipinski definition) is 1. The molecule has 0 bridgehead atoms. The SMILES string of the molecule is CCOC(=O)c1cc(NC(=O)C2(C)CCCC2)ccc1OC(C)CC. The lowest BCUT2D eigenvalue weighted by atomic mass is 9.88. The van der Waals surface area contributed by atoms with Crippen LogP contribution in [-0.2, 0) is 9.53 Å². The lowest BCUT2D eigenvalue weighted by Gasteiger charge is -2.23. The van der Waals surface area contributed by atoms with Gasteiger partial charge in [0.2, 0.25) is 5.91 Å². The molecule has 0 aliphatic heterocycles. The third-order valence-electron chi connectivity index (χ3n) is 4.89. The van der Waals surface area contributed by atoms with Crippen molar-refractivity contribution in [2.75, 3.05) is 11.9 Å². The van der Waals surface area contributed by atoms with E-state index in [9.17, 15) is 9.59 Å². The van der Waals surface area contributed by atoms with Gasteiger partial charge in [-0.05, 0) is 51.3 Å². The Kier molecular flexibility index (Phi) is 6.45. The lowest BCUT2D eigenvalue weighted by Crippen LogP contribution is -2.30. The number of carbonyl (C=O) groups is 2. The van der Waals surface area contributed by atoms with Crippen LogP contribution in [-0.4, -0.2) is 24.6 Å². The van der Waals surface area contributed by atoms with Crippen molar-refractivity contribution in [2.45, 2.75) is 65.9 Å². The number of hydrogen-bond acceptors (Lipinski definition) is 4. The maximum absolute atomic E-state index is 12.6. The van der Waals surface area contributed by atoms with Crippen LogP contribution in [0, 0.1) is 5.41 Å². The first-order chi connectivity index (χ1) is 11.9. The van der Waals surface area contributed by atoms with Gasteiger partial charge in [-0.25, -0.2) is 4.79 Å². The second-order valence-electron chi connectivity index (χ2n) is 6.99. The first-order valence-electron chi connectivity index (χ1n) is 9.19. The molecule has 1 unspecified atom stereocenters. The van der Waals surface area contributed by atoms with Gasteiger partial charge in [-0.1, -0.05) is 26.7 Å². The van der Waals surface area contributed by atoms with E-state index >= 15 is 0 Å². The minimum absolute atomic E-state index is 0.00832. The van der Waals surface area contributed by atoms with Crippen LogP contribution in [0.15, 0.2) is 18.2 Å². The van der Waals surface area contributed by atoms with Crippen molar-refractivity contribution >= 4 is 17.6 Å². The molecule has 0 heterocycles. The van der Waals surface area contributed by atoms with Crippen LogP contribution in [0.1, 0.15) is 70.2 Å². The smallest absolute Gasteiger partial charge is 0.341 e. The fraction of sp³-hybridized carbons (Fsp3) is 0.600. The fourth-order valence-electron chi connectivity index (χ4n) is 3.04. The molecule has 1 atom stereocenters. The number of anilines is 1. The lowest BCUT2D eigenvalue weighted by molar-refractivity contribution is -0.124. The molecule has 5 nitrogen and oxygen atoms in total. The first-order valence-corrected chi connectivity index (χ1v) is 9.19. The van der Waals surface area contributed by atoms with Crippen molar-refractivity contribution in [2.24, 2.45) is 5.41 Å². The van der Waals surface area contributed by atoms with Gasteiger partial charge in [-0.3, -0.25) is 4.79 Å². The molecule has 0 saturated heterocycles. The summed E-state index contributed by atoms with van der Waals surface area (Å²) in [5.41, 5.74) is 0.616. The maximum atomic E-state index is 12.6. The second kappa shape index (κ2) is 8.37. The molecular formula is C20H29NO4. The Labute approximate surface area is 150 Å². The zero-order valence-corrected chi connectivity index (χ0v) is 15.7. The first kappa shape index (κ1) is 19.3. The summed E-state index contributed by atoms with van der Waals surface area (Å²) in [6.45, 7) is 8.02. The molecule has 1 aliphatic carbocycles. The normalized spacial score (nSPS) is 17.0. The van der Waals surface area contributed by atoms with E-state index in [0.717, 1.165) is 32.1 Å². The molecule has 1 amide bonds. The molecule has 0 radical (unpaired) electrons. The quantitative estimate of drug-likeness (QED) is 0.734. The van der Waals surface area contributed by atoms with E-state index in [0.29, 0.717) is 17.0 Å². The second-order valence-corrected chi connectivity index (χ2v) is 6.99. The van der Waals surface area contributed by atoms with Crippen molar-refractivity contribution in [1.29, 1.82) is 0 Å². The Hall–Kier alpha value is -2.04. The minimum Gasteiger partial charge on any atom is -0.490 e. The third-order valence-corrected chi connectivity index (χ3v) is 4.89. The Balaban J connectivity index is 2.23. The molecule has 0 aromatic heterocycles. The van der Waals surface area contributed by atoms with Crippen molar-refractivity contribution < 1.29 is 19.1 Å². The highest BCUT2D eigenvalue weighted by atomic mass is 16.5. The van der Waals surface area contributed by atoms with Gasteiger partial charge >= 0.3 is 5.97 Å². The van der Waals surface area contributed by atoms with Crippen LogP contribution in [0.3, 0.4) is 0 Å². The summed E-state index contributed by atoms with van der Waals surface area (Å²) in [4.78, 5) is 24.9. The summed E-state index contributed by atoms with van der Waals surface area (Å²) in [6, 6.07) is 5.15. The summed E-state index contributed by atoms with van der Waals surface area (Å²) >= 11 is 0. The third kappa shape index (κ3) is 4.74. The minimum atomic E-state index is -0.441. The summed E-state index contributed by atoms with van der Waals surface area (Å²) in [7, 11) is 0. The highest BCUT2D eigenvalue weighted by Crippen LogP contribution is 2.38. The summed E-state index contributed by atoms with van der Waals surface area (Å²) < 4.78 is 11.0. The highest BCUT2D eigenvalue weighted by molar-refractivity contribution is 5.98. The van der Waals surface area contributed by atoms with Crippen LogP contribution < -0.4 is 10.1 Å². The Morgan fingerprint density at radius 2 is 1.92 bits per heavy atom. The highest BCUT2D eigenvalue weighted by Gasteiger charge is 2.36. The monoisotopic (exact) mass is 347 g/mol. The van der Waals surface area contributed by atoms with E-state index < -0.39 is 5.97 Å². The number of amides is 1. The number of ether oxygens (including phenoxy) is 2. The van der Waals surface area contributed by atoms with Crippen molar-refractivity contribution in [3.63, 3.8) is 0 Å². The summed E-state index contributed by atoms with van der Waals surface area (Å²) in [6.07, 6.45) is 4.79. The number of carbonyl (C=O) groups excluding carboxylic acids is 2. The van der Waals surface area contributed by atoms with Gasteiger partial charge in [0.1, 0.15) is 11.3 Å². The Bertz CT molecular complexity index is 620. The van der Waals surface area contributed by atoms with Gasteiger partial charge in [0.05, 0.1) is 12.7 Å². The number of benzene rings is 1. The molecule has 1 N–H and O–H groups in total. The molecule has 1 fully saturated rings. The number of esters is 1. The van der Waals surface area contributed by atoms with Gasteiger partial charge in [-0.15, -0.1) is 0 Å². The number of nitrogens with one attached hydrogen (secondary N) is 1. The van der Waals surface area contributed by atoms with E-state index in [4.69, 9.17) is 9.47 Å². The van der Waals surface area contributed by atoms with Crippen LogP contribution >= 0.6 is 0 Å². The average Bonchev–Trinajstić information content (AvgIpc) is 3.04. The van der Waals surface area contributed by atoms with Crippen molar-refractivity contribution in [3.8, 4) is 5.75 Å². The van der Waals surface area contributed by atoms with E-state index in [1.54, 1.807) is 25.1 Å². The predicted octanol–water partition coefficient (Wildman–Crippen LogP) is 4.56. The molecule has 25 heavy (non-hydrogen) atoms. The zero-order chi connectivity index (χ0) is 18.4. The van der Waals surface area contributed by atoms with Gasteiger partial charge < -0.3 is 14.8 Å². The molecule has 2 rings (SSSR count). The molecule has 1 aromatic rings. The van der Waals surface area contributed by atoms with Gasteiger partial charge in [0.25, 0.3) is 0 Å². The molecular weight excluding hydrogens is 318 g/mol. The van der Waals surface area contributed by atoms with Crippen LogP contribution in [0.5, 0.6) is 5.75 Å². The van der Waals surface area contributed by atoms with Gasteiger partial charge in [0.15, 0.2) is 0 Å². The van der Waals surface area contributed by atoms with Crippen molar-refractivity contribution in [1.82, 2.24) is 0 Å². The molecule has 1 aliphatic rings.